The summed E-state index contributed by atoms with van der Waals surface area (Å²) in [5.74, 6) is 3.37. The van der Waals surface area contributed by atoms with Crippen molar-refractivity contribution in [3.8, 4) is 28.6 Å². The fourth-order valence-electron chi connectivity index (χ4n) is 9.78. The molecule has 0 radical (unpaired) electrons. The number of imidazole rings is 2. The summed E-state index contributed by atoms with van der Waals surface area (Å²) in [6.07, 6.45) is 13.9. The number of fused-ring (bicyclic) bond motifs is 2. The second-order valence-corrected chi connectivity index (χ2v) is 20.7. The molecule has 2 aliphatic carbocycles. The predicted octanol–water partition coefficient (Wildman–Crippen LogP) is 13.0. The van der Waals surface area contributed by atoms with Gasteiger partial charge < -0.3 is 29.6 Å². The van der Waals surface area contributed by atoms with Gasteiger partial charge in [0.25, 0.3) is 0 Å². The van der Waals surface area contributed by atoms with E-state index in [4.69, 9.17) is 28.9 Å². The number of halogens is 2. The van der Waals surface area contributed by atoms with Crippen molar-refractivity contribution in [3.63, 3.8) is 0 Å². The van der Waals surface area contributed by atoms with Crippen molar-refractivity contribution in [2.24, 2.45) is 23.7 Å². The van der Waals surface area contributed by atoms with Gasteiger partial charge in [0, 0.05) is 97.5 Å². The summed E-state index contributed by atoms with van der Waals surface area (Å²) in [6, 6.07) is 24.6. The SMILES string of the molecule is COc1ccc(Oc2cc(NCC3CCOCC3)c3ncn(-c4ccc(C(=O)CC5CC5)c(C)c4)c3c2)cc1F.Cc1cc(-n2cnc3c(NCC4CCOCC4)cc(Br)cc32)ccc1C(=O)CC1CC1. The van der Waals surface area contributed by atoms with Crippen LogP contribution in [0.2, 0.25) is 0 Å². The number of carbonyl (C=O) groups is 2. The summed E-state index contributed by atoms with van der Waals surface area (Å²) in [5, 5.41) is 7.20. The van der Waals surface area contributed by atoms with Crippen molar-refractivity contribution in [1.82, 2.24) is 19.1 Å². The van der Waals surface area contributed by atoms with E-state index in [1.54, 1.807) is 18.5 Å². The van der Waals surface area contributed by atoms with Crippen molar-refractivity contribution in [3.05, 3.63) is 124 Å². The van der Waals surface area contributed by atoms with E-state index in [0.717, 1.165) is 150 Å². The lowest BCUT2D eigenvalue weighted by atomic mass is 10.00. The van der Waals surface area contributed by atoms with Crippen LogP contribution in [0.1, 0.15) is 96.1 Å². The third-order valence-electron chi connectivity index (χ3n) is 14.4. The Morgan fingerprint density at radius 1 is 0.634 bits per heavy atom. The summed E-state index contributed by atoms with van der Waals surface area (Å²) in [4.78, 5) is 34.8. The standard InChI is InChI=1S/C32H34FN3O4.C25H28BrN3O2/c1-20-13-23(5-7-26(20)30(37)14-21-3-4-21)36-19-35-32-28(34-18-22-9-11-39-12-10-22)16-25(17-29(32)36)40-24-6-8-31(38-2)27(33)15-24;1-16-10-20(4-5-21(16)24(30)11-17-2-3-17)29-15-28-25-22(12-19(26)13-23(25)29)27-14-18-6-8-31-9-7-18/h5-8,13,15-17,19,21-22,34H,3-4,9-12,14,18H2,1-2H3;4-5,10,12-13,15,17-18,27H,2-3,6-9,11,14H2,1H3. The maximum atomic E-state index is 14.4. The molecule has 11 rings (SSSR count). The smallest absolute Gasteiger partial charge is 0.168 e. The number of aromatic nitrogens is 4. The average Bonchev–Trinajstić information content (AvgIpc) is 4.29. The first kappa shape index (κ1) is 48.5. The highest BCUT2D eigenvalue weighted by atomic mass is 79.9. The third kappa shape index (κ3) is 11.7. The van der Waals surface area contributed by atoms with Crippen LogP contribution in [-0.4, -0.2) is 77.3 Å². The largest absolute Gasteiger partial charge is 0.494 e. The number of anilines is 2. The summed E-state index contributed by atoms with van der Waals surface area (Å²) in [6.45, 7) is 9.00. The van der Waals surface area contributed by atoms with Gasteiger partial charge in [0.15, 0.2) is 23.1 Å². The van der Waals surface area contributed by atoms with Gasteiger partial charge in [-0.15, -0.1) is 0 Å². The first-order chi connectivity index (χ1) is 34.6. The Bertz CT molecular complexity index is 3060. The molecule has 14 heteroatoms. The highest BCUT2D eigenvalue weighted by molar-refractivity contribution is 9.10. The number of ether oxygens (including phenoxy) is 4. The molecule has 0 bridgehead atoms. The van der Waals surface area contributed by atoms with E-state index in [9.17, 15) is 14.0 Å². The first-order valence-electron chi connectivity index (χ1n) is 25.2. The molecule has 0 amide bonds. The van der Waals surface area contributed by atoms with Crippen molar-refractivity contribution < 1.29 is 32.9 Å². The molecule has 2 N–H and O–H groups in total. The van der Waals surface area contributed by atoms with E-state index in [2.05, 4.69) is 49.3 Å². The summed E-state index contributed by atoms with van der Waals surface area (Å²) in [5.41, 5.74) is 11.1. The molecule has 71 heavy (non-hydrogen) atoms. The second-order valence-electron chi connectivity index (χ2n) is 19.8. The normalized spacial score (nSPS) is 16.4. The van der Waals surface area contributed by atoms with Gasteiger partial charge in [-0.2, -0.15) is 0 Å². The van der Waals surface area contributed by atoms with Crippen LogP contribution in [0, 0.1) is 43.3 Å². The fraction of sp³-hybridized carbons (Fsp3) is 0.404. The van der Waals surface area contributed by atoms with Crippen LogP contribution >= 0.6 is 15.9 Å². The molecule has 5 aromatic carbocycles. The molecule has 0 unspecified atom stereocenters. The van der Waals surface area contributed by atoms with Gasteiger partial charge in [0.1, 0.15) is 35.2 Å². The number of rotatable bonds is 17. The molecule has 7 aromatic rings. The number of nitrogens with zero attached hydrogens (tertiary/aromatic N) is 4. The van der Waals surface area contributed by atoms with Gasteiger partial charge in [0.05, 0.1) is 29.5 Å². The van der Waals surface area contributed by atoms with Crippen LogP contribution in [-0.2, 0) is 9.47 Å². The van der Waals surface area contributed by atoms with Crippen molar-refractivity contribution in [2.45, 2.75) is 78.1 Å². The number of ketones is 2. The molecule has 0 spiro atoms. The molecule has 4 heterocycles. The summed E-state index contributed by atoms with van der Waals surface area (Å²) < 4.78 is 41.7. The quantitative estimate of drug-likeness (QED) is 0.0850. The Balaban J connectivity index is 0.000000169. The topological polar surface area (TPSA) is 131 Å². The maximum absolute atomic E-state index is 14.4. The highest BCUT2D eigenvalue weighted by Crippen LogP contribution is 2.38. The first-order valence-corrected chi connectivity index (χ1v) is 26.0. The monoisotopic (exact) mass is 1020 g/mol. The molecule has 2 aliphatic heterocycles. The van der Waals surface area contributed by atoms with Crippen molar-refractivity contribution in [2.75, 3.05) is 57.3 Å². The molecule has 2 aromatic heterocycles. The van der Waals surface area contributed by atoms with Crippen LogP contribution in [0.3, 0.4) is 0 Å². The van der Waals surface area contributed by atoms with Crippen LogP contribution in [0.5, 0.6) is 17.2 Å². The molecular weight excluding hydrogens is 964 g/mol. The Kier molecular flexibility index (Phi) is 14.8. The highest BCUT2D eigenvalue weighted by Gasteiger charge is 2.27. The number of Topliss-reactive ketones (excluding diaryl/α,β-unsaturated/α-hetero) is 2. The number of carbonyl (C=O) groups excluding carboxylic acids is 2. The van der Waals surface area contributed by atoms with Crippen LogP contribution < -0.4 is 20.1 Å². The van der Waals surface area contributed by atoms with Gasteiger partial charge in [-0.3, -0.25) is 18.7 Å². The Morgan fingerprint density at radius 3 is 1.62 bits per heavy atom. The summed E-state index contributed by atoms with van der Waals surface area (Å²) >= 11 is 3.67. The van der Waals surface area contributed by atoms with Crippen LogP contribution in [0.25, 0.3) is 33.4 Å². The van der Waals surface area contributed by atoms with Crippen LogP contribution in [0.15, 0.2) is 96.0 Å². The molecule has 4 fully saturated rings. The lowest BCUT2D eigenvalue weighted by molar-refractivity contribution is 0.0698. The number of hydrogen-bond donors (Lipinski definition) is 2. The van der Waals surface area contributed by atoms with E-state index in [1.807, 2.05) is 67.2 Å². The number of methoxy groups -OCH3 is 1. The predicted molar refractivity (Wildman–Crippen MR) is 280 cm³/mol. The number of benzene rings is 5. The van der Waals surface area contributed by atoms with Gasteiger partial charge in [0.2, 0.25) is 0 Å². The van der Waals surface area contributed by atoms with E-state index < -0.39 is 5.82 Å². The number of hydrogen-bond acceptors (Lipinski definition) is 10. The van der Waals surface area contributed by atoms with Gasteiger partial charge in [-0.25, -0.2) is 14.4 Å². The van der Waals surface area contributed by atoms with Gasteiger partial charge in [-0.1, -0.05) is 15.9 Å². The van der Waals surface area contributed by atoms with E-state index in [-0.39, 0.29) is 17.3 Å². The molecule has 0 atom stereocenters. The van der Waals surface area contributed by atoms with Crippen molar-refractivity contribution in [1.29, 1.82) is 0 Å². The Labute approximate surface area is 422 Å². The lowest BCUT2D eigenvalue weighted by Crippen LogP contribution is -2.22. The van der Waals surface area contributed by atoms with Crippen molar-refractivity contribution >= 4 is 60.9 Å². The third-order valence-corrected chi connectivity index (χ3v) is 14.8. The number of nitrogens with one attached hydrogen (secondary N) is 2. The molecule has 370 valence electrons. The zero-order valence-corrected chi connectivity index (χ0v) is 42.4. The zero-order valence-electron chi connectivity index (χ0n) is 40.8. The molecule has 2 saturated carbocycles. The lowest BCUT2D eigenvalue weighted by Gasteiger charge is -2.23. The minimum atomic E-state index is -0.490. The van der Waals surface area contributed by atoms with Gasteiger partial charge >= 0.3 is 0 Å². The van der Waals surface area contributed by atoms with E-state index in [0.29, 0.717) is 48.0 Å². The number of aryl methyl sites for hydroxylation is 2. The maximum Gasteiger partial charge on any atom is 0.168 e. The van der Waals surface area contributed by atoms with E-state index >= 15 is 0 Å². The second kappa shape index (κ2) is 21.7. The molecule has 4 aliphatic rings. The van der Waals surface area contributed by atoms with E-state index in [1.165, 1.54) is 26.0 Å². The minimum Gasteiger partial charge on any atom is -0.494 e. The Hall–Kier alpha value is -6.09. The molecule has 2 saturated heterocycles. The Morgan fingerprint density at radius 2 is 1.14 bits per heavy atom. The molecule has 12 nitrogen and oxygen atoms in total. The van der Waals surface area contributed by atoms with Gasteiger partial charge in [-0.05, 0) is 161 Å². The molecular formula is C57H62BrFN6O6. The average molecular weight is 1030 g/mol. The zero-order chi connectivity index (χ0) is 49.0. The minimum absolute atomic E-state index is 0.161. The van der Waals surface area contributed by atoms with Crippen LogP contribution in [0.4, 0.5) is 15.8 Å². The summed E-state index contributed by atoms with van der Waals surface area (Å²) in [7, 11) is 1.43. The fourth-order valence-corrected chi connectivity index (χ4v) is 10.2.